The lowest BCUT2D eigenvalue weighted by molar-refractivity contribution is 0.370. The van der Waals surface area contributed by atoms with Gasteiger partial charge in [0.2, 0.25) is 5.89 Å². The number of benzene rings is 2. The van der Waals surface area contributed by atoms with Gasteiger partial charge in [0.25, 0.3) is 0 Å². The SMILES string of the molecule is C#CCOc1cc(-n2nc(C(C)(C)C)oc2=O)c(Cl)cc1Cl.N#Cc1cc(I)c(O)c(I)c1. The van der Waals surface area contributed by atoms with E-state index in [0.29, 0.717) is 30.0 Å². The van der Waals surface area contributed by atoms with Crippen LogP contribution in [0.1, 0.15) is 32.2 Å². The molecule has 7 nitrogen and oxygen atoms in total. The maximum atomic E-state index is 12.0. The quantitative estimate of drug-likeness (QED) is 0.268. The standard InChI is InChI=1S/C15H14Cl2N2O3.C7H3I2NO/c1-5-6-21-12-8-11(9(16)7-10(12)17)19-14(20)22-13(18-19)15(2,3)4;8-5-1-4(3-10)2-6(9)7(5)11/h1,7-8H,6H2,2-4H3;1-2,11H. The second-order valence-electron chi connectivity index (χ2n) is 7.46. The highest BCUT2D eigenvalue weighted by Gasteiger charge is 2.24. The molecule has 172 valence electrons. The molecule has 1 N–H and O–H groups in total. The number of nitrogens with zero attached hydrogens (tertiary/aromatic N) is 3. The van der Waals surface area contributed by atoms with Gasteiger partial charge in [-0.15, -0.1) is 11.5 Å². The van der Waals surface area contributed by atoms with Crippen molar-refractivity contribution in [2.24, 2.45) is 0 Å². The topological polar surface area (TPSA) is 101 Å². The smallest absolute Gasteiger partial charge is 0.442 e. The summed E-state index contributed by atoms with van der Waals surface area (Å²) in [5.74, 6) is 2.56. The molecule has 0 aliphatic carbocycles. The summed E-state index contributed by atoms with van der Waals surface area (Å²) in [7, 11) is 0. The van der Waals surface area contributed by atoms with Crippen LogP contribution < -0.4 is 10.5 Å². The van der Waals surface area contributed by atoms with Crippen LogP contribution in [0.25, 0.3) is 5.69 Å². The van der Waals surface area contributed by atoms with E-state index >= 15 is 0 Å². The molecule has 0 aliphatic rings. The summed E-state index contributed by atoms with van der Waals surface area (Å²) in [4.78, 5) is 12.0. The van der Waals surface area contributed by atoms with Crippen LogP contribution >= 0.6 is 68.4 Å². The monoisotopic (exact) mass is 711 g/mol. The highest BCUT2D eigenvalue weighted by Crippen LogP contribution is 2.33. The van der Waals surface area contributed by atoms with E-state index in [0.717, 1.165) is 4.68 Å². The van der Waals surface area contributed by atoms with Gasteiger partial charge in [-0.05, 0) is 63.4 Å². The van der Waals surface area contributed by atoms with E-state index in [1.165, 1.54) is 12.1 Å². The highest BCUT2D eigenvalue weighted by molar-refractivity contribution is 14.1. The fraction of sp³-hybridized carbons (Fsp3) is 0.227. The number of phenolic OH excluding ortho intramolecular Hbond substituents is 1. The van der Waals surface area contributed by atoms with Crippen molar-refractivity contribution in [3.05, 3.63) is 63.5 Å². The van der Waals surface area contributed by atoms with Gasteiger partial charge >= 0.3 is 5.76 Å². The Labute approximate surface area is 227 Å². The lowest BCUT2D eigenvalue weighted by Crippen LogP contribution is -2.15. The van der Waals surface area contributed by atoms with E-state index in [4.69, 9.17) is 44.0 Å². The van der Waals surface area contributed by atoms with Crippen molar-refractivity contribution in [2.75, 3.05) is 6.61 Å². The number of hydrogen-bond donors (Lipinski definition) is 1. The first-order valence-electron chi connectivity index (χ1n) is 9.13. The summed E-state index contributed by atoms with van der Waals surface area (Å²) in [6, 6.07) is 8.28. The van der Waals surface area contributed by atoms with Crippen LogP contribution in [0.15, 0.2) is 33.5 Å². The molecule has 0 saturated carbocycles. The highest BCUT2D eigenvalue weighted by atomic mass is 127. The maximum absolute atomic E-state index is 12.0. The van der Waals surface area contributed by atoms with Gasteiger partial charge in [0, 0.05) is 11.5 Å². The van der Waals surface area contributed by atoms with Crippen LogP contribution in [0.5, 0.6) is 11.5 Å². The summed E-state index contributed by atoms with van der Waals surface area (Å²) < 4.78 is 13.0. The molecule has 0 aliphatic heterocycles. The second-order valence-corrected chi connectivity index (χ2v) is 10.6. The summed E-state index contributed by atoms with van der Waals surface area (Å²) in [5, 5.41) is 22.6. The van der Waals surface area contributed by atoms with Crippen molar-refractivity contribution >= 4 is 68.4 Å². The molecule has 0 saturated heterocycles. The Bertz CT molecular complexity index is 1290. The first-order valence-corrected chi connectivity index (χ1v) is 12.0. The van der Waals surface area contributed by atoms with Gasteiger partial charge in [0.1, 0.15) is 18.1 Å². The minimum Gasteiger partial charge on any atom is -0.506 e. The van der Waals surface area contributed by atoms with Gasteiger partial charge in [-0.2, -0.15) is 9.94 Å². The lowest BCUT2D eigenvalue weighted by Gasteiger charge is -2.11. The molecule has 0 fully saturated rings. The molecule has 0 spiro atoms. The van der Waals surface area contributed by atoms with Gasteiger partial charge in [-0.25, -0.2) is 4.79 Å². The molecule has 0 atom stereocenters. The number of terminal acetylenes is 1. The Morgan fingerprint density at radius 3 is 2.30 bits per heavy atom. The van der Waals surface area contributed by atoms with Gasteiger partial charge in [0.15, 0.2) is 0 Å². The predicted molar refractivity (Wildman–Crippen MR) is 143 cm³/mol. The number of aromatic hydroxyl groups is 1. The first-order chi connectivity index (χ1) is 15.4. The van der Waals surface area contributed by atoms with Crippen LogP contribution in [0.2, 0.25) is 10.0 Å². The first kappa shape index (κ1) is 27.3. The van der Waals surface area contributed by atoms with Gasteiger partial charge in [-0.3, -0.25) is 0 Å². The van der Waals surface area contributed by atoms with Gasteiger partial charge in [-0.1, -0.05) is 49.9 Å². The van der Waals surface area contributed by atoms with E-state index in [9.17, 15) is 9.90 Å². The Balaban J connectivity index is 0.000000294. The number of halogens is 4. The molecular weight excluding hydrogens is 695 g/mol. The molecule has 1 heterocycles. The number of rotatable bonds is 3. The van der Waals surface area contributed by atoms with Crippen molar-refractivity contribution in [3.63, 3.8) is 0 Å². The number of phenols is 1. The lowest BCUT2D eigenvalue weighted by atomic mass is 9.97. The fourth-order valence-electron chi connectivity index (χ4n) is 2.27. The average molecular weight is 712 g/mol. The molecule has 33 heavy (non-hydrogen) atoms. The zero-order chi connectivity index (χ0) is 24.9. The Kier molecular flexibility index (Phi) is 9.49. The molecule has 0 bridgehead atoms. The summed E-state index contributed by atoms with van der Waals surface area (Å²) in [5.41, 5.74) is 0.477. The molecule has 3 aromatic rings. The van der Waals surface area contributed by atoms with Crippen LogP contribution in [-0.2, 0) is 5.41 Å². The van der Waals surface area contributed by atoms with Crippen LogP contribution in [0.4, 0.5) is 0 Å². The normalized spacial score (nSPS) is 10.6. The van der Waals surface area contributed by atoms with Gasteiger partial charge < -0.3 is 14.3 Å². The fourth-order valence-corrected chi connectivity index (χ4v) is 4.56. The molecule has 0 unspecified atom stereocenters. The summed E-state index contributed by atoms with van der Waals surface area (Å²) in [6.07, 6.45) is 5.15. The van der Waals surface area contributed by atoms with E-state index < -0.39 is 11.2 Å². The second kappa shape index (κ2) is 11.5. The number of ether oxygens (including phenoxy) is 1. The van der Waals surface area contributed by atoms with Gasteiger partial charge in [0.05, 0.1) is 34.5 Å². The molecular formula is C22H17Cl2I2N3O4. The molecule has 3 rings (SSSR count). The van der Waals surface area contributed by atoms with Crippen molar-refractivity contribution in [3.8, 4) is 35.6 Å². The minimum absolute atomic E-state index is 0.0434. The molecule has 1 aromatic heterocycles. The van der Waals surface area contributed by atoms with E-state index in [-0.39, 0.29) is 22.4 Å². The predicted octanol–water partition coefficient (Wildman–Crippen LogP) is 5.91. The molecule has 0 amide bonds. The average Bonchev–Trinajstić information content (AvgIpc) is 3.13. The third-order valence-electron chi connectivity index (χ3n) is 3.88. The van der Waals surface area contributed by atoms with Crippen LogP contribution in [-0.4, -0.2) is 21.5 Å². The Morgan fingerprint density at radius 1 is 1.21 bits per heavy atom. The molecule has 2 aromatic carbocycles. The molecule has 0 radical (unpaired) electrons. The minimum atomic E-state index is -0.642. The van der Waals surface area contributed by atoms with Crippen molar-refractivity contribution in [2.45, 2.75) is 26.2 Å². The van der Waals surface area contributed by atoms with Crippen molar-refractivity contribution in [1.82, 2.24) is 9.78 Å². The third kappa shape index (κ3) is 7.03. The zero-order valence-corrected chi connectivity index (χ0v) is 23.4. The largest absolute Gasteiger partial charge is 0.506 e. The molecule has 11 heteroatoms. The van der Waals surface area contributed by atoms with E-state index in [1.807, 2.05) is 72.0 Å². The zero-order valence-electron chi connectivity index (χ0n) is 17.6. The number of nitriles is 1. The number of hydrogen-bond acceptors (Lipinski definition) is 6. The Hall–Kier alpha value is -1.93. The summed E-state index contributed by atoms with van der Waals surface area (Å²) in [6.45, 7) is 5.69. The van der Waals surface area contributed by atoms with Crippen LogP contribution in [0, 0.1) is 30.8 Å². The van der Waals surface area contributed by atoms with E-state index in [2.05, 4.69) is 11.0 Å². The van der Waals surface area contributed by atoms with Crippen molar-refractivity contribution < 1.29 is 14.3 Å². The Morgan fingerprint density at radius 2 is 1.82 bits per heavy atom. The third-order valence-corrected chi connectivity index (χ3v) is 6.12. The number of aromatic nitrogens is 2. The van der Waals surface area contributed by atoms with Crippen molar-refractivity contribution in [1.29, 1.82) is 5.26 Å². The summed E-state index contributed by atoms with van der Waals surface area (Å²) >= 11 is 16.2. The van der Waals surface area contributed by atoms with Crippen LogP contribution in [0.3, 0.4) is 0 Å². The van der Waals surface area contributed by atoms with E-state index in [1.54, 1.807) is 12.1 Å². The maximum Gasteiger partial charge on any atom is 0.442 e.